The molecule has 0 radical (unpaired) electrons. The van der Waals surface area contributed by atoms with Crippen molar-refractivity contribution >= 4 is 24.4 Å². The molecule has 0 spiro atoms. The molecule has 0 fully saturated rings. The Balaban J connectivity index is 1.72. The van der Waals surface area contributed by atoms with Crippen molar-refractivity contribution < 1.29 is 18.6 Å². The van der Waals surface area contributed by atoms with Crippen LogP contribution in [0.1, 0.15) is 12.5 Å². The molecule has 0 heterocycles. The van der Waals surface area contributed by atoms with Crippen molar-refractivity contribution in [2.75, 3.05) is 14.1 Å². The Morgan fingerprint density at radius 3 is 2.38 bits per heavy atom. The Hall–Kier alpha value is -2.66. The summed E-state index contributed by atoms with van der Waals surface area (Å²) in [5.74, 6) is -0.0186. The summed E-state index contributed by atoms with van der Waals surface area (Å²) in [4.78, 5) is 12.4. The molecule has 0 aliphatic carbocycles. The third-order valence-electron chi connectivity index (χ3n) is 4.43. The lowest BCUT2D eigenvalue weighted by molar-refractivity contribution is -0.146. The van der Waals surface area contributed by atoms with Gasteiger partial charge in [-0.3, -0.25) is 4.79 Å². The molecule has 3 aromatic rings. The first-order chi connectivity index (χ1) is 13.9. The SMILES string of the molecule is C[C@H](NP(=O)(Oc1cccc2ccccc12)N(C)C)C(=O)OCc1ccccc1. The number of hydrogen-bond donors (Lipinski definition) is 1. The van der Waals surface area contributed by atoms with E-state index in [9.17, 15) is 9.36 Å². The highest BCUT2D eigenvalue weighted by Gasteiger charge is 2.33. The van der Waals surface area contributed by atoms with E-state index in [1.54, 1.807) is 27.1 Å². The summed E-state index contributed by atoms with van der Waals surface area (Å²) in [5.41, 5.74) is 0.885. The fraction of sp³-hybridized carbons (Fsp3) is 0.227. The molecule has 0 saturated carbocycles. The molecular formula is C22H25N2O4P. The van der Waals surface area contributed by atoms with Crippen molar-refractivity contribution in [3.8, 4) is 5.75 Å². The van der Waals surface area contributed by atoms with Crippen molar-refractivity contribution in [3.63, 3.8) is 0 Å². The number of nitrogens with zero attached hydrogens (tertiary/aromatic N) is 1. The maximum absolute atomic E-state index is 13.5. The maximum atomic E-state index is 13.5. The molecule has 0 amide bonds. The Morgan fingerprint density at radius 1 is 1.00 bits per heavy atom. The summed E-state index contributed by atoms with van der Waals surface area (Å²) in [6.45, 7) is 1.76. The van der Waals surface area contributed by atoms with Crippen LogP contribution in [0.5, 0.6) is 5.75 Å². The molecule has 2 atom stereocenters. The van der Waals surface area contributed by atoms with Crippen molar-refractivity contribution in [2.24, 2.45) is 0 Å². The summed E-state index contributed by atoms with van der Waals surface area (Å²) in [5, 5.41) is 4.65. The first-order valence-electron chi connectivity index (χ1n) is 9.32. The van der Waals surface area contributed by atoms with Crippen molar-refractivity contribution in [1.29, 1.82) is 0 Å². The second-order valence-electron chi connectivity index (χ2n) is 6.88. The summed E-state index contributed by atoms with van der Waals surface area (Å²) in [6, 6.07) is 21.8. The van der Waals surface area contributed by atoms with E-state index >= 15 is 0 Å². The second-order valence-corrected chi connectivity index (χ2v) is 9.16. The maximum Gasteiger partial charge on any atom is 0.393 e. The second kappa shape index (κ2) is 9.23. The van der Waals surface area contributed by atoms with Gasteiger partial charge in [-0.2, -0.15) is 0 Å². The number of hydrogen-bond acceptors (Lipinski definition) is 4. The number of nitrogens with one attached hydrogen (secondary N) is 1. The molecule has 0 bridgehead atoms. The van der Waals surface area contributed by atoms with Crippen molar-refractivity contribution in [3.05, 3.63) is 78.4 Å². The van der Waals surface area contributed by atoms with Crippen molar-refractivity contribution in [2.45, 2.75) is 19.6 Å². The van der Waals surface area contributed by atoms with E-state index in [4.69, 9.17) is 9.26 Å². The van der Waals surface area contributed by atoms with Gasteiger partial charge < -0.3 is 9.26 Å². The highest BCUT2D eigenvalue weighted by molar-refractivity contribution is 7.54. The zero-order chi connectivity index (χ0) is 20.9. The van der Waals surface area contributed by atoms with Crippen LogP contribution in [-0.2, 0) is 20.7 Å². The fourth-order valence-electron chi connectivity index (χ4n) is 2.78. The van der Waals surface area contributed by atoms with E-state index in [0.29, 0.717) is 5.75 Å². The number of ether oxygens (including phenoxy) is 1. The first kappa shape index (κ1) is 21.1. The molecule has 7 heteroatoms. The quantitative estimate of drug-likeness (QED) is 0.431. The summed E-state index contributed by atoms with van der Waals surface area (Å²) in [7, 11) is -0.261. The van der Waals surface area contributed by atoms with E-state index in [1.165, 1.54) is 4.67 Å². The molecule has 3 aromatic carbocycles. The van der Waals surface area contributed by atoms with E-state index < -0.39 is 19.7 Å². The Morgan fingerprint density at radius 2 is 1.66 bits per heavy atom. The lowest BCUT2D eigenvalue weighted by Gasteiger charge is -2.28. The van der Waals surface area contributed by atoms with Crippen LogP contribution in [0.2, 0.25) is 0 Å². The monoisotopic (exact) mass is 412 g/mol. The van der Waals surface area contributed by atoms with Crippen LogP contribution in [-0.4, -0.2) is 30.8 Å². The van der Waals surface area contributed by atoms with Gasteiger partial charge in [0.2, 0.25) is 0 Å². The minimum Gasteiger partial charge on any atom is -0.460 e. The third-order valence-corrected chi connectivity index (χ3v) is 6.64. The van der Waals surface area contributed by atoms with Gasteiger partial charge in [0.25, 0.3) is 0 Å². The van der Waals surface area contributed by atoms with Gasteiger partial charge in [0.1, 0.15) is 18.4 Å². The molecule has 152 valence electrons. The van der Waals surface area contributed by atoms with E-state index in [1.807, 2.05) is 66.7 Å². The standard InChI is InChI=1S/C22H25N2O4P/c1-17(22(25)27-16-18-10-5-4-6-11-18)23-29(26,24(2)3)28-21-15-9-13-19-12-7-8-14-20(19)21/h4-15,17H,16H2,1-3H3,(H,23,26)/t17-,29?/m0/s1. The molecule has 1 unspecified atom stereocenters. The van der Waals surface area contributed by atoms with Crippen LogP contribution in [0.3, 0.4) is 0 Å². The highest BCUT2D eigenvalue weighted by Crippen LogP contribution is 2.47. The van der Waals surface area contributed by atoms with Gasteiger partial charge in [0.05, 0.1) is 0 Å². The van der Waals surface area contributed by atoms with Gasteiger partial charge in [-0.15, -0.1) is 0 Å². The van der Waals surface area contributed by atoms with E-state index in [0.717, 1.165) is 16.3 Å². The molecule has 0 saturated heterocycles. The predicted molar refractivity (Wildman–Crippen MR) is 115 cm³/mol. The van der Waals surface area contributed by atoms with Gasteiger partial charge in [-0.1, -0.05) is 66.7 Å². The molecule has 3 rings (SSSR count). The highest BCUT2D eigenvalue weighted by atomic mass is 31.2. The van der Waals surface area contributed by atoms with Crippen LogP contribution in [0.25, 0.3) is 10.8 Å². The van der Waals surface area contributed by atoms with Crippen LogP contribution >= 0.6 is 7.67 Å². The van der Waals surface area contributed by atoms with Gasteiger partial charge in [-0.25, -0.2) is 14.3 Å². The molecular weight excluding hydrogens is 387 g/mol. The van der Waals surface area contributed by atoms with Gasteiger partial charge in [0, 0.05) is 5.39 Å². The van der Waals surface area contributed by atoms with Crippen LogP contribution in [0.15, 0.2) is 72.8 Å². The zero-order valence-electron chi connectivity index (χ0n) is 16.7. The Kier molecular flexibility index (Phi) is 6.70. The van der Waals surface area contributed by atoms with E-state index in [2.05, 4.69) is 5.09 Å². The molecule has 29 heavy (non-hydrogen) atoms. The number of esters is 1. The predicted octanol–water partition coefficient (Wildman–Crippen LogP) is 4.61. The topological polar surface area (TPSA) is 67.9 Å². The Bertz CT molecular complexity index is 1020. The number of benzene rings is 3. The number of fused-ring (bicyclic) bond motifs is 1. The average molecular weight is 412 g/mol. The number of carbonyl (C=O) groups excluding carboxylic acids is 1. The van der Waals surface area contributed by atoms with Crippen LogP contribution < -0.4 is 9.61 Å². The summed E-state index contributed by atoms with van der Waals surface area (Å²) >= 11 is 0. The minimum absolute atomic E-state index is 0.155. The largest absolute Gasteiger partial charge is 0.460 e. The Labute approximate surface area is 171 Å². The lowest BCUT2D eigenvalue weighted by Crippen LogP contribution is -2.38. The molecule has 6 nitrogen and oxygen atoms in total. The van der Waals surface area contributed by atoms with Crippen LogP contribution in [0.4, 0.5) is 0 Å². The first-order valence-corrected chi connectivity index (χ1v) is 10.9. The molecule has 0 aliphatic heterocycles. The fourth-order valence-corrected chi connectivity index (χ4v) is 4.25. The molecule has 0 aliphatic rings. The van der Waals surface area contributed by atoms with Crippen LogP contribution in [0, 0.1) is 0 Å². The molecule has 0 aromatic heterocycles. The van der Waals surface area contributed by atoms with E-state index in [-0.39, 0.29) is 6.61 Å². The zero-order valence-corrected chi connectivity index (χ0v) is 17.6. The number of carbonyl (C=O) groups is 1. The smallest absolute Gasteiger partial charge is 0.393 e. The third kappa shape index (κ3) is 5.24. The average Bonchev–Trinajstić information content (AvgIpc) is 2.73. The minimum atomic E-state index is -3.54. The number of rotatable bonds is 8. The lowest BCUT2D eigenvalue weighted by atomic mass is 10.1. The van der Waals surface area contributed by atoms with Gasteiger partial charge in [0.15, 0.2) is 0 Å². The van der Waals surface area contributed by atoms with Gasteiger partial charge >= 0.3 is 13.6 Å². The summed E-state index contributed by atoms with van der Waals surface area (Å²) in [6.07, 6.45) is 0. The summed E-state index contributed by atoms with van der Waals surface area (Å²) < 4.78 is 26.2. The van der Waals surface area contributed by atoms with Gasteiger partial charge in [-0.05, 0) is 38.0 Å². The van der Waals surface area contributed by atoms with Crippen molar-refractivity contribution in [1.82, 2.24) is 9.76 Å². The molecule has 1 N–H and O–H groups in total. The normalized spacial score (nSPS) is 14.3.